The lowest BCUT2D eigenvalue weighted by atomic mass is 9.54. The van der Waals surface area contributed by atoms with Crippen molar-refractivity contribution in [3.63, 3.8) is 0 Å². The fraction of sp³-hybridized carbons (Fsp3) is 0.600. The molecular formula is C20H28BNO3. The van der Waals surface area contributed by atoms with Crippen LogP contribution in [0.1, 0.15) is 70.3 Å². The van der Waals surface area contributed by atoms with Crippen LogP contribution < -0.4 is 5.46 Å². The fourth-order valence-corrected chi connectivity index (χ4v) is 2.54. The molecule has 0 heterocycles. The van der Waals surface area contributed by atoms with Gasteiger partial charge >= 0.3 is 12.9 Å². The molecule has 1 fully saturated rings. The van der Waals surface area contributed by atoms with Crippen molar-refractivity contribution in [2.24, 2.45) is 5.41 Å². The van der Waals surface area contributed by atoms with Gasteiger partial charge in [-0.05, 0) is 49.6 Å². The molecular weight excluding hydrogens is 313 g/mol. The molecule has 0 amide bonds. The van der Waals surface area contributed by atoms with E-state index < -0.39 is 5.97 Å². The third-order valence-corrected chi connectivity index (χ3v) is 5.20. The second-order valence-corrected chi connectivity index (χ2v) is 8.31. The van der Waals surface area contributed by atoms with Gasteiger partial charge in [-0.1, -0.05) is 39.7 Å². The van der Waals surface area contributed by atoms with E-state index in [-0.39, 0.29) is 17.9 Å². The summed E-state index contributed by atoms with van der Waals surface area (Å²) < 4.78 is 11.6. The van der Waals surface area contributed by atoms with Crippen molar-refractivity contribution in [3.05, 3.63) is 29.3 Å². The summed E-state index contributed by atoms with van der Waals surface area (Å²) in [6, 6.07) is 7.39. The number of carbonyl (C=O) groups is 1. The lowest BCUT2D eigenvalue weighted by Gasteiger charge is -2.41. The SMILES string of the molecule is CCOC(=O)c1cc(C#N)cc(B(OC(C)(C)C(C)(C)C)C2CC2)c1. The summed E-state index contributed by atoms with van der Waals surface area (Å²) in [5.41, 5.74) is 1.40. The molecule has 1 aromatic rings. The predicted molar refractivity (Wildman–Crippen MR) is 100 cm³/mol. The molecule has 0 atom stereocenters. The number of carbonyl (C=O) groups excluding carboxylic acids is 1. The van der Waals surface area contributed by atoms with Crippen LogP contribution in [0, 0.1) is 16.7 Å². The molecule has 1 aliphatic rings. The van der Waals surface area contributed by atoms with Crippen LogP contribution in [-0.2, 0) is 9.39 Å². The molecule has 0 radical (unpaired) electrons. The zero-order chi connectivity index (χ0) is 18.8. The second kappa shape index (κ2) is 7.21. The van der Waals surface area contributed by atoms with E-state index >= 15 is 0 Å². The first-order valence-corrected chi connectivity index (χ1v) is 8.99. The summed E-state index contributed by atoms with van der Waals surface area (Å²) >= 11 is 0. The van der Waals surface area contributed by atoms with Gasteiger partial charge in [-0.3, -0.25) is 0 Å². The van der Waals surface area contributed by atoms with Crippen LogP contribution in [0.25, 0.3) is 0 Å². The van der Waals surface area contributed by atoms with Gasteiger partial charge in [0.25, 0.3) is 0 Å². The number of hydrogen-bond acceptors (Lipinski definition) is 4. The highest BCUT2D eigenvalue weighted by Gasteiger charge is 2.44. The van der Waals surface area contributed by atoms with E-state index in [1.807, 2.05) is 12.1 Å². The van der Waals surface area contributed by atoms with Gasteiger partial charge in [-0.15, -0.1) is 0 Å². The second-order valence-electron chi connectivity index (χ2n) is 8.31. The standard InChI is InChI=1S/C20H28BNO3/c1-7-24-18(23)15-10-14(13-22)11-17(12-15)21(16-8-9-16)25-20(5,6)19(2,3)4/h10-12,16H,7-9H2,1-6H3. The van der Waals surface area contributed by atoms with Gasteiger partial charge < -0.3 is 9.39 Å². The lowest BCUT2D eigenvalue weighted by molar-refractivity contribution is -0.000928. The number of benzene rings is 1. The number of nitrogens with zero attached hydrogens (tertiary/aromatic N) is 1. The molecule has 0 bridgehead atoms. The van der Waals surface area contributed by atoms with Crippen LogP contribution in [0.2, 0.25) is 5.82 Å². The molecule has 1 aromatic carbocycles. The van der Waals surface area contributed by atoms with Crippen molar-refractivity contribution in [2.45, 2.75) is 65.8 Å². The monoisotopic (exact) mass is 341 g/mol. The molecule has 0 unspecified atom stereocenters. The fourth-order valence-electron chi connectivity index (χ4n) is 2.54. The summed E-state index contributed by atoms with van der Waals surface area (Å²) in [4.78, 5) is 12.1. The topological polar surface area (TPSA) is 59.3 Å². The lowest BCUT2D eigenvalue weighted by Crippen LogP contribution is -2.48. The maximum atomic E-state index is 12.1. The number of esters is 1. The van der Waals surface area contributed by atoms with Crippen molar-refractivity contribution >= 4 is 18.3 Å². The number of nitriles is 1. The molecule has 1 aliphatic carbocycles. The molecule has 0 N–H and O–H groups in total. The Hall–Kier alpha value is -1.80. The Kier molecular flexibility index (Phi) is 5.63. The summed E-state index contributed by atoms with van der Waals surface area (Å²) in [6.45, 7) is 12.6. The van der Waals surface area contributed by atoms with E-state index in [1.165, 1.54) is 0 Å². The first-order chi connectivity index (χ1) is 11.6. The van der Waals surface area contributed by atoms with Crippen molar-refractivity contribution in [3.8, 4) is 6.07 Å². The van der Waals surface area contributed by atoms with E-state index in [0.29, 0.717) is 23.6 Å². The van der Waals surface area contributed by atoms with Crippen LogP contribution in [0.15, 0.2) is 18.2 Å². The minimum absolute atomic E-state index is 0.0308. The van der Waals surface area contributed by atoms with Gasteiger partial charge in [-0.2, -0.15) is 5.26 Å². The minimum Gasteiger partial charge on any atom is -0.462 e. The van der Waals surface area contributed by atoms with Crippen LogP contribution in [-0.4, -0.2) is 25.1 Å². The van der Waals surface area contributed by atoms with Crippen LogP contribution in [0.5, 0.6) is 0 Å². The summed E-state index contributed by atoms with van der Waals surface area (Å²) in [5, 5.41) is 9.35. The number of hydrogen-bond donors (Lipinski definition) is 0. The van der Waals surface area contributed by atoms with Gasteiger partial charge in [0.1, 0.15) is 0 Å². The normalized spacial score (nSPS) is 14.8. The molecule has 0 spiro atoms. The average molecular weight is 341 g/mol. The average Bonchev–Trinajstić information content (AvgIpc) is 3.36. The third kappa shape index (κ3) is 4.64. The first-order valence-electron chi connectivity index (χ1n) is 8.99. The van der Waals surface area contributed by atoms with Gasteiger partial charge in [-0.25, -0.2) is 4.79 Å². The van der Waals surface area contributed by atoms with Crippen LogP contribution in [0.3, 0.4) is 0 Å². The Morgan fingerprint density at radius 3 is 2.36 bits per heavy atom. The summed E-state index contributed by atoms with van der Waals surface area (Å²) in [7, 11) is 0. The van der Waals surface area contributed by atoms with Gasteiger partial charge in [0, 0.05) is 0 Å². The molecule has 0 aromatic heterocycles. The predicted octanol–water partition coefficient (Wildman–Crippen LogP) is 3.94. The van der Waals surface area contributed by atoms with Crippen molar-refractivity contribution < 1.29 is 14.2 Å². The Morgan fingerprint density at radius 2 is 1.88 bits per heavy atom. The van der Waals surface area contributed by atoms with Crippen LogP contribution in [0.4, 0.5) is 0 Å². The Labute approximate surface area is 151 Å². The largest absolute Gasteiger partial charge is 0.462 e. The van der Waals surface area contributed by atoms with E-state index in [9.17, 15) is 10.1 Å². The zero-order valence-corrected chi connectivity index (χ0v) is 16.2. The van der Waals surface area contributed by atoms with Gasteiger partial charge in [0.2, 0.25) is 0 Å². The maximum absolute atomic E-state index is 12.1. The van der Waals surface area contributed by atoms with Crippen molar-refractivity contribution in [1.82, 2.24) is 0 Å². The van der Waals surface area contributed by atoms with Gasteiger partial charge in [0.05, 0.1) is 29.4 Å². The quantitative estimate of drug-likeness (QED) is 0.581. The van der Waals surface area contributed by atoms with E-state index in [2.05, 4.69) is 40.7 Å². The summed E-state index contributed by atoms with van der Waals surface area (Å²) in [5.74, 6) is 0.0380. The van der Waals surface area contributed by atoms with Crippen LogP contribution >= 0.6 is 0 Å². The molecule has 5 heteroatoms. The Morgan fingerprint density at radius 1 is 1.24 bits per heavy atom. The highest BCUT2D eigenvalue weighted by Crippen LogP contribution is 2.43. The van der Waals surface area contributed by atoms with E-state index in [1.54, 1.807) is 13.0 Å². The van der Waals surface area contributed by atoms with E-state index in [4.69, 9.17) is 9.39 Å². The number of ether oxygens (including phenoxy) is 1. The maximum Gasteiger partial charge on any atom is 0.338 e. The molecule has 134 valence electrons. The Balaban J connectivity index is 2.40. The minimum atomic E-state index is -0.398. The molecule has 2 rings (SSSR count). The third-order valence-electron chi connectivity index (χ3n) is 5.20. The Bertz CT molecular complexity index is 681. The van der Waals surface area contributed by atoms with E-state index in [0.717, 1.165) is 18.3 Å². The van der Waals surface area contributed by atoms with Gasteiger partial charge in [0.15, 0.2) is 0 Å². The van der Waals surface area contributed by atoms with Crippen molar-refractivity contribution in [1.29, 1.82) is 5.26 Å². The highest BCUT2D eigenvalue weighted by molar-refractivity contribution is 6.69. The summed E-state index contributed by atoms with van der Waals surface area (Å²) in [6.07, 6.45) is 2.22. The molecule has 0 saturated heterocycles. The first kappa shape index (κ1) is 19.5. The molecule has 1 saturated carbocycles. The smallest absolute Gasteiger partial charge is 0.338 e. The molecule has 4 nitrogen and oxygen atoms in total. The highest BCUT2D eigenvalue weighted by atomic mass is 16.5. The molecule has 0 aliphatic heterocycles. The van der Waals surface area contributed by atoms with Crippen molar-refractivity contribution in [2.75, 3.05) is 6.61 Å². The number of rotatable bonds is 6. The zero-order valence-electron chi connectivity index (χ0n) is 16.2. The molecule has 25 heavy (non-hydrogen) atoms.